The van der Waals surface area contributed by atoms with Crippen LogP contribution >= 0.6 is 0 Å². The van der Waals surface area contributed by atoms with Crippen LogP contribution in [0.5, 0.6) is 0 Å². The van der Waals surface area contributed by atoms with E-state index in [4.69, 9.17) is 0 Å². The molecule has 0 unspecified atom stereocenters. The van der Waals surface area contributed by atoms with E-state index in [2.05, 4.69) is 10.3 Å². The number of fused-ring (bicyclic) bond motifs is 1. The van der Waals surface area contributed by atoms with Gasteiger partial charge in [0.2, 0.25) is 0 Å². The summed E-state index contributed by atoms with van der Waals surface area (Å²) >= 11 is 0. The summed E-state index contributed by atoms with van der Waals surface area (Å²) in [5.74, 6) is -0.107. The van der Waals surface area contributed by atoms with Gasteiger partial charge >= 0.3 is 0 Å². The van der Waals surface area contributed by atoms with E-state index >= 15 is 0 Å². The van der Waals surface area contributed by atoms with E-state index < -0.39 is 0 Å². The Morgan fingerprint density at radius 3 is 2.80 bits per heavy atom. The van der Waals surface area contributed by atoms with E-state index in [1.165, 1.54) is 0 Å². The highest BCUT2D eigenvalue weighted by atomic mass is 16.1. The lowest BCUT2D eigenvalue weighted by Crippen LogP contribution is -2.12. The maximum Gasteiger partial charge on any atom is 0.255 e. The molecule has 0 aliphatic carbocycles. The predicted molar refractivity (Wildman–Crippen MR) is 79.1 cm³/mol. The van der Waals surface area contributed by atoms with Crippen LogP contribution in [0.3, 0.4) is 0 Å². The van der Waals surface area contributed by atoms with Crippen LogP contribution in [-0.2, 0) is 0 Å². The normalized spacial score (nSPS) is 10.7. The first kappa shape index (κ1) is 12.4. The van der Waals surface area contributed by atoms with Gasteiger partial charge in [-0.2, -0.15) is 0 Å². The standard InChI is InChI=1S/C16H15N3O/c1-11-4-3-5-13(8-11)16(20)18-14-6-7-15-17-12(2)9-19(15)10-14/h3-10H,1-2H3,(H,18,20). The Kier molecular flexibility index (Phi) is 2.99. The Balaban J connectivity index is 1.87. The molecule has 3 aromatic rings. The highest BCUT2D eigenvalue weighted by molar-refractivity contribution is 6.04. The third-order valence-corrected chi connectivity index (χ3v) is 3.11. The molecule has 0 saturated heterocycles. The zero-order valence-electron chi connectivity index (χ0n) is 11.4. The molecule has 0 spiro atoms. The number of pyridine rings is 1. The molecule has 20 heavy (non-hydrogen) atoms. The molecule has 0 radical (unpaired) electrons. The van der Waals surface area contributed by atoms with Crippen molar-refractivity contribution in [1.82, 2.24) is 9.38 Å². The van der Waals surface area contributed by atoms with Gasteiger partial charge in [-0.25, -0.2) is 4.98 Å². The zero-order chi connectivity index (χ0) is 14.1. The highest BCUT2D eigenvalue weighted by Crippen LogP contribution is 2.13. The Hall–Kier alpha value is -2.62. The summed E-state index contributed by atoms with van der Waals surface area (Å²) < 4.78 is 1.90. The van der Waals surface area contributed by atoms with Gasteiger partial charge in [0.1, 0.15) is 5.65 Å². The fourth-order valence-corrected chi connectivity index (χ4v) is 2.18. The third-order valence-electron chi connectivity index (χ3n) is 3.11. The van der Waals surface area contributed by atoms with Crippen molar-refractivity contribution in [3.05, 3.63) is 65.6 Å². The first-order valence-corrected chi connectivity index (χ1v) is 6.45. The van der Waals surface area contributed by atoms with Crippen molar-refractivity contribution < 1.29 is 4.79 Å². The minimum atomic E-state index is -0.107. The molecule has 2 aromatic heterocycles. The lowest BCUT2D eigenvalue weighted by atomic mass is 10.1. The van der Waals surface area contributed by atoms with Crippen molar-refractivity contribution in [1.29, 1.82) is 0 Å². The van der Waals surface area contributed by atoms with Crippen LogP contribution in [0.4, 0.5) is 5.69 Å². The summed E-state index contributed by atoms with van der Waals surface area (Å²) in [4.78, 5) is 16.5. The van der Waals surface area contributed by atoms with Crippen LogP contribution in [0.25, 0.3) is 5.65 Å². The van der Waals surface area contributed by atoms with Crippen molar-refractivity contribution in [3.63, 3.8) is 0 Å². The van der Waals surface area contributed by atoms with Gasteiger partial charge < -0.3 is 9.72 Å². The summed E-state index contributed by atoms with van der Waals surface area (Å²) in [5.41, 5.74) is 4.30. The second kappa shape index (κ2) is 4.81. The average Bonchev–Trinajstić information content (AvgIpc) is 2.78. The molecule has 0 fully saturated rings. The molecule has 4 heteroatoms. The maximum absolute atomic E-state index is 12.2. The summed E-state index contributed by atoms with van der Waals surface area (Å²) in [6.07, 6.45) is 3.79. The van der Waals surface area contributed by atoms with Crippen LogP contribution in [0.2, 0.25) is 0 Å². The predicted octanol–water partition coefficient (Wildman–Crippen LogP) is 3.20. The maximum atomic E-state index is 12.2. The van der Waals surface area contributed by atoms with E-state index in [1.54, 1.807) is 0 Å². The van der Waals surface area contributed by atoms with Crippen LogP contribution in [0, 0.1) is 13.8 Å². The average molecular weight is 265 g/mol. The number of carbonyl (C=O) groups is 1. The summed E-state index contributed by atoms with van der Waals surface area (Å²) in [5, 5.41) is 2.90. The van der Waals surface area contributed by atoms with Crippen molar-refractivity contribution in [2.75, 3.05) is 5.32 Å². The van der Waals surface area contributed by atoms with Gasteiger partial charge in [-0.3, -0.25) is 4.79 Å². The fourth-order valence-electron chi connectivity index (χ4n) is 2.18. The van der Waals surface area contributed by atoms with Crippen LogP contribution < -0.4 is 5.32 Å². The highest BCUT2D eigenvalue weighted by Gasteiger charge is 2.07. The second-order valence-corrected chi connectivity index (χ2v) is 4.89. The first-order valence-electron chi connectivity index (χ1n) is 6.45. The molecule has 3 rings (SSSR count). The SMILES string of the molecule is Cc1cccc(C(=O)Nc2ccc3nc(C)cn3c2)c1. The third kappa shape index (κ3) is 2.40. The number of nitrogens with zero attached hydrogens (tertiary/aromatic N) is 2. The molecule has 0 bridgehead atoms. The Labute approximate surface area is 117 Å². The molecule has 0 aliphatic heterocycles. The molecular weight excluding hydrogens is 250 g/mol. The quantitative estimate of drug-likeness (QED) is 0.773. The molecular formula is C16H15N3O. The van der Waals surface area contributed by atoms with Gasteiger partial charge in [0.15, 0.2) is 0 Å². The van der Waals surface area contributed by atoms with Gasteiger partial charge in [0, 0.05) is 18.0 Å². The molecule has 2 heterocycles. The fraction of sp³-hybridized carbons (Fsp3) is 0.125. The van der Waals surface area contributed by atoms with Crippen molar-refractivity contribution in [3.8, 4) is 0 Å². The number of aromatic nitrogens is 2. The number of aryl methyl sites for hydroxylation is 2. The van der Waals surface area contributed by atoms with Crippen LogP contribution in [0.1, 0.15) is 21.6 Å². The largest absolute Gasteiger partial charge is 0.321 e. The van der Waals surface area contributed by atoms with Gasteiger partial charge in [0.25, 0.3) is 5.91 Å². The van der Waals surface area contributed by atoms with Gasteiger partial charge in [-0.1, -0.05) is 17.7 Å². The van der Waals surface area contributed by atoms with Gasteiger partial charge in [-0.05, 0) is 38.1 Å². The summed E-state index contributed by atoms with van der Waals surface area (Å²) in [7, 11) is 0. The molecule has 4 nitrogen and oxygen atoms in total. The second-order valence-electron chi connectivity index (χ2n) is 4.89. The molecule has 1 aromatic carbocycles. The topological polar surface area (TPSA) is 46.4 Å². The van der Waals surface area contributed by atoms with E-state index in [1.807, 2.05) is 67.0 Å². The van der Waals surface area contributed by atoms with E-state index in [0.29, 0.717) is 5.56 Å². The molecule has 0 atom stereocenters. The molecule has 0 saturated carbocycles. The minimum Gasteiger partial charge on any atom is -0.321 e. The lowest BCUT2D eigenvalue weighted by Gasteiger charge is -2.06. The van der Waals surface area contributed by atoms with E-state index in [-0.39, 0.29) is 5.91 Å². The minimum absolute atomic E-state index is 0.107. The molecule has 1 amide bonds. The van der Waals surface area contributed by atoms with Gasteiger partial charge in [0.05, 0.1) is 11.4 Å². The monoisotopic (exact) mass is 265 g/mol. The first-order chi connectivity index (χ1) is 9.61. The number of rotatable bonds is 2. The number of hydrogen-bond donors (Lipinski definition) is 1. The smallest absolute Gasteiger partial charge is 0.255 e. The molecule has 0 aliphatic rings. The number of imidazole rings is 1. The number of anilines is 1. The van der Waals surface area contributed by atoms with Crippen LogP contribution in [0.15, 0.2) is 48.8 Å². The summed E-state index contributed by atoms with van der Waals surface area (Å²) in [6, 6.07) is 11.3. The number of benzene rings is 1. The Bertz CT molecular complexity index is 789. The number of amides is 1. The number of carbonyl (C=O) groups excluding carboxylic acids is 1. The zero-order valence-corrected chi connectivity index (χ0v) is 11.4. The molecule has 100 valence electrons. The Morgan fingerprint density at radius 1 is 1.15 bits per heavy atom. The summed E-state index contributed by atoms with van der Waals surface area (Å²) in [6.45, 7) is 3.91. The van der Waals surface area contributed by atoms with E-state index in [9.17, 15) is 4.79 Å². The van der Waals surface area contributed by atoms with Crippen molar-refractivity contribution in [2.24, 2.45) is 0 Å². The van der Waals surface area contributed by atoms with Crippen molar-refractivity contribution in [2.45, 2.75) is 13.8 Å². The van der Waals surface area contributed by atoms with Gasteiger partial charge in [-0.15, -0.1) is 0 Å². The van der Waals surface area contributed by atoms with Crippen molar-refractivity contribution >= 4 is 17.2 Å². The number of hydrogen-bond acceptors (Lipinski definition) is 2. The van der Waals surface area contributed by atoms with Crippen LogP contribution in [-0.4, -0.2) is 15.3 Å². The molecule has 1 N–H and O–H groups in total. The lowest BCUT2D eigenvalue weighted by molar-refractivity contribution is 0.102. The number of nitrogens with one attached hydrogen (secondary N) is 1. The Morgan fingerprint density at radius 2 is 2.00 bits per heavy atom. The van der Waals surface area contributed by atoms with E-state index in [0.717, 1.165) is 22.6 Å².